The van der Waals surface area contributed by atoms with E-state index in [2.05, 4.69) is 22.0 Å². The summed E-state index contributed by atoms with van der Waals surface area (Å²) in [4.78, 5) is 6.83. The van der Waals surface area contributed by atoms with Gasteiger partial charge in [-0.15, -0.1) is 0 Å². The lowest BCUT2D eigenvalue weighted by atomic mass is 9.84. The van der Waals surface area contributed by atoms with Gasteiger partial charge in [-0.05, 0) is 60.5 Å². The number of hydrogen-bond donors (Lipinski definition) is 0. The first-order chi connectivity index (χ1) is 13.9. The molecular weight excluding hydrogens is 394 g/mol. The molecular formula is C20H29N3O5S. The van der Waals surface area contributed by atoms with Crippen molar-refractivity contribution < 1.29 is 22.4 Å². The summed E-state index contributed by atoms with van der Waals surface area (Å²) < 4.78 is 39.0. The summed E-state index contributed by atoms with van der Waals surface area (Å²) >= 11 is 0. The lowest BCUT2D eigenvalue weighted by Gasteiger charge is -2.34. The zero-order valence-corrected chi connectivity index (χ0v) is 18.0. The zero-order chi connectivity index (χ0) is 20.9. The van der Waals surface area contributed by atoms with Gasteiger partial charge in [-0.25, -0.2) is 8.42 Å². The lowest BCUT2D eigenvalue weighted by molar-refractivity contribution is 0.151. The molecule has 0 unspecified atom stereocenters. The van der Waals surface area contributed by atoms with Crippen molar-refractivity contribution in [3.05, 3.63) is 30.2 Å². The Morgan fingerprint density at radius 3 is 2.55 bits per heavy atom. The molecule has 1 atom stereocenters. The number of nitrogens with zero attached hydrogens (tertiary/aromatic N) is 3. The Hall–Kier alpha value is -2.13. The van der Waals surface area contributed by atoms with Gasteiger partial charge in [0.15, 0.2) is 9.84 Å². The normalized spacial score (nSPS) is 16.7. The van der Waals surface area contributed by atoms with E-state index in [1.807, 2.05) is 0 Å². The van der Waals surface area contributed by atoms with Crippen molar-refractivity contribution in [1.82, 2.24) is 10.1 Å². The number of anilines is 1. The summed E-state index contributed by atoms with van der Waals surface area (Å²) in [5, 5.41) is 4.03. The number of ether oxygens (including phenoxy) is 2. The Morgan fingerprint density at radius 2 is 1.93 bits per heavy atom. The third kappa shape index (κ3) is 5.93. The molecule has 0 amide bonds. The number of methoxy groups -OCH3 is 1. The van der Waals surface area contributed by atoms with Crippen LogP contribution in [0.4, 0.5) is 5.95 Å². The highest BCUT2D eigenvalue weighted by Gasteiger charge is 2.26. The van der Waals surface area contributed by atoms with Crippen molar-refractivity contribution in [2.24, 2.45) is 11.8 Å². The molecule has 1 aromatic heterocycles. The van der Waals surface area contributed by atoms with Gasteiger partial charge in [0.25, 0.3) is 11.8 Å². The predicted molar refractivity (Wildman–Crippen MR) is 109 cm³/mol. The summed E-state index contributed by atoms with van der Waals surface area (Å²) in [6, 6.07) is 6.59. The van der Waals surface area contributed by atoms with Gasteiger partial charge in [-0.3, -0.25) is 0 Å². The third-order valence-electron chi connectivity index (χ3n) is 5.45. The fourth-order valence-electron chi connectivity index (χ4n) is 3.61. The van der Waals surface area contributed by atoms with Crippen LogP contribution in [0.15, 0.2) is 33.7 Å². The molecule has 1 aliphatic heterocycles. The van der Waals surface area contributed by atoms with Crippen LogP contribution in [0.3, 0.4) is 0 Å². The van der Waals surface area contributed by atoms with Gasteiger partial charge in [0, 0.05) is 26.5 Å². The molecule has 0 aliphatic carbocycles. The first-order valence-electron chi connectivity index (χ1n) is 9.86. The second kappa shape index (κ2) is 9.58. The smallest absolute Gasteiger partial charge is 0.266 e. The summed E-state index contributed by atoms with van der Waals surface area (Å²) in [6.45, 7) is 5.04. The largest absolute Gasteiger partial charge is 0.494 e. The molecule has 0 saturated carbocycles. The van der Waals surface area contributed by atoms with E-state index < -0.39 is 9.84 Å². The fourth-order valence-corrected chi connectivity index (χ4v) is 4.24. The number of rotatable bonds is 9. The van der Waals surface area contributed by atoms with E-state index in [1.165, 1.54) is 6.26 Å². The summed E-state index contributed by atoms with van der Waals surface area (Å²) in [5.41, 5.74) is 0. The molecule has 2 aromatic rings. The minimum absolute atomic E-state index is 0.306. The van der Waals surface area contributed by atoms with Crippen LogP contribution in [0, 0.1) is 11.8 Å². The molecule has 2 heterocycles. The maximum absolute atomic E-state index is 11.5. The standard InChI is InChI=1S/C20H29N3O5S/c1-15(10-13-27-17-4-6-18(7-5-17)29(3,24)25)16-8-11-23(12-9-16)20-21-19(14-26-2)28-22-20/h4-7,15-16H,8-14H2,1-3H3/t15-/m1/s1. The quantitative estimate of drug-likeness (QED) is 0.608. The number of aromatic nitrogens is 2. The number of piperidine rings is 1. The average Bonchev–Trinajstić information content (AvgIpc) is 3.17. The van der Waals surface area contributed by atoms with E-state index in [9.17, 15) is 8.42 Å². The summed E-state index contributed by atoms with van der Waals surface area (Å²) in [5.74, 6) is 3.02. The number of benzene rings is 1. The monoisotopic (exact) mass is 423 g/mol. The predicted octanol–water partition coefficient (Wildman–Crippen LogP) is 2.94. The number of sulfone groups is 1. The van der Waals surface area contributed by atoms with Gasteiger partial charge in [0.1, 0.15) is 12.4 Å². The molecule has 0 bridgehead atoms. The molecule has 1 aliphatic rings. The fraction of sp³-hybridized carbons (Fsp3) is 0.600. The minimum Gasteiger partial charge on any atom is -0.494 e. The molecule has 1 fully saturated rings. The Bertz CT molecular complexity index is 874. The van der Waals surface area contributed by atoms with E-state index in [4.69, 9.17) is 14.0 Å². The third-order valence-corrected chi connectivity index (χ3v) is 6.57. The molecule has 1 aromatic carbocycles. The maximum atomic E-state index is 11.5. The van der Waals surface area contributed by atoms with Crippen LogP contribution >= 0.6 is 0 Å². The van der Waals surface area contributed by atoms with E-state index in [0.29, 0.717) is 47.5 Å². The Morgan fingerprint density at radius 1 is 1.24 bits per heavy atom. The van der Waals surface area contributed by atoms with Gasteiger partial charge in [-0.2, -0.15) is 4.98 Å². The first-order valence-corrected chi connectivity index (χ1v) is 11.8. The Kier molecular flexibility index (Phi) is 7.13. The van der Waals surface area contributed by atoms with Gasteiger partial charge >= 0.3 is 0 Å². The van der Waals surface area contributed by atoms with Crippen molar-refractivity contribution in [2.75, 3.05) is 38.0 Å². The molecule has 1 saturated heterocycles. The molecule has 0 spiro atoms. The van der Waals surface area contributed by atoms with Crippen molar-refractivity contribution in [3.8, 4) is 5.75 Å². The van der Waals surface area contributed by atoms with Crippen LogP contribution < -0.4 is 9.64 Å². The average molecular weight is 424 g/mol. The highest BCUT2D eigenvalue weighted by atomic mass is 32.2. The van der Waals surface area contributed by atoms with Crippen LogP contribution in [0.5, 0.6) is 5.75 Å². The topological polar surface area (TPSA) is 94.8 Å². The van der Waals surface area contributed by atoms with Crippen molar-refractivity contribution in [1.29, 1.82) is 0 Å². The van der Waals surface area contributed by atoms with Gasteiger partial charge < -0.3 is 18.9 Å². The van der Waals surface area contributed by atoms with Crippen LogP contribution in [-0.2, 0) is 21.2 Å². The van der Waals surface area contributed by atoms with E-state index >= 15 is 0 Å². The number of hydrogen-bond acceptors (Lipinski definition) is 8. The van der Waals surface area contributed by atoms with E-state index in [-0.39, 0.29) is 0 Å². The maximum Gasteiger partial charge on any atom is 0.266 e. The van der Waals surface area contributed by atoms with E-state index in [1.54, 1.807) is 31.4 Å². The second-order valence-corrected chi connectivity index (χ2v) is 9.62. The molecule has 29 heavy (non-hydrogen) atoms. The molecule has 160 valence electrons. The SMILES string of the molecule is COCc1nc(N2CCC([C@H](C)CCOc3ccc(S(C)(=O)=O)cc3)CC2)no1. The van der Waals surface area contributed by atoms with Crippen LogP contribution in [0.25, 0.3) is 0 Å². The van der Waals surface area contributed by atoms with Crippen LogP contribution in [-0.4, -0.2) is 51.6 Å². The minimum atomic E-state index is -3.17. The van der Waals surface area contributed by atoms with Gasteiger partial charge in [0.05, 0.1) is 11.5 Å². The zero-order valence-electron chi connectivity index (χ0n) is 17.2. The second-order valence-electron chi connectivity index (χ2n) is 7.60. The molecule has 8 nitrogen and oxygen atoms in total. The van der Waals surface area contributed by atoms with Crippen molar-refractivity contribution in [3.63, 3.8) is 0 Å². The van der Waals surface area contributed by atoms with Crippen LogP contribution in [0.1, 0.15) is 32.1 Å². The first kappa shape index (κ1) is 21.6. The summed E-state index contributed by atoms with van der Waals surface area (Å²) in [7, 11) is -1.57. The van der Waals surface area contributed by atoms with Gasteiger partial charge in [0.2, 0.25) is 0 Å². The van der Waals surface area contributed by atoms with Gasteiger partial charge in [-0.1, -0.05) is 6.92 Å². The molecule has 9 heteroatoms. The Labute approximate surface area is 172 Å². The van der Waals surface area contributed by atoms with Crippen molar-refractivity contribution >= 4 is 15.8 Å². The Balaban J connectivity index is 1.41. The van der Waals surface area contributed by atoms with Crippen molar-refractivity contribution in [2.45, 2.75) is 37.7 Å². The molecule has 0 N–H and O–H groups in total. The molecule has 3 rings (SSSR count). The highest BCUT2D eigenvalue weighted by molar-refractivity contribution is 7.90. The highest BCUT2D eigenvalue weighted by Crippen LogP contribution is 2.29. The van der Waals surface area contributed by atoms with E-state index in [0.717, 1.165) is 32.4 Å². The molecule has 0 radical (unpaired) electrons. The summed E-state index contributed by atoms with van der Waals surface area (Å²) in [6.07, 6.45) is 4.32. The van der Waals surface area contributed by atoms with Crippen LogP contribution in [0.2, 0.25) is 0 Å². The lowest BCUT2D eigenvalue weighted by Crippen LogP contribution is -2.36.